The molecule has 1 aliphatic rings. The molecule has 0 spiro atoms. The molecule has 1 aromatic carbocycles. The number of hydrogen-bond donors (Lipinski definition) is 1. The SMILES string of the molecule is CC1CCN(Cc2cc(F)ccc2Cl)C(C(=O)O)C1. The molecule has 2 unspecified atom stereocenters. The van der Waals surface area contributed by atoms with Crippen molar-refractivity contribution < 1.29 is 14.3 Å². The largest absolute Gasteiger partial charge is 0.480 e. The number of hydrogen-bond acceptors (Lipinski definition) is 2. The number of carbonyl (C=O) groups is 1. The van der Waals surface area contributed by atoms with Crippen molar-refractivity contribution in [2.45, 2.75) is 32.4 Å². The van der Waals surface area contributed by atoms with Crippen molar-refractivity contribution in [1.82, 2.24) is 4.90 Å². The normalized spacial score (nSPS) is 24.4. The fourth-order valence-electron chi connectivity index (χ4n) is 2.52. The molecule has 1 aromatic rings. The van der Waals surface area contributed by atoms with Crippen LogP contribution in [0, 0.1) is 11.7 Å². The molecule has 1 N–H and O–H groups in total. The highest BCUT2D eigenvalue weighted by atomic mass is 35.5. The first kappa shape index (κ1) is 14.3. The van der Waals surface area contributed by atoms with Crippen molar-refractivity contribution >= 4 is 17.6 Å². The first-order chi connectivity index (χ1) is 8.97. The Balaban J connectivity index is 2.16. The van der Waals surface area contributed by atoms with Gasteiger partial charge in [-0.15, -0.1) is 0 Å². The van der Waals surface area contributed by atoms with E-state index in [-0.39, 0.29) is 5.82 Å². The topological polar surface area (TPSA) is 40.5 Å². The summed E-state index contributed by atoms with van der Waals surface area (Å²) in [6, 6.07) is 3.68. The molecule has 0 aliphatic carbocycles. The van der Waals surface area contributed by atoms with Gasteiger partial charge in [0.15, 0.2) is 0 Å². The van der Waals surface area contributed by atoms with Gasteiger partial charge in [-0.1, -0.05) is 18.5 Å². The standard InChI is InChI=1S/C14H17ClFNO2/c1-9-4-5-17(13(6-9)14(18)19)8-10-7-11(16)2-3-12(10)15/h2-3,7,9,13H,4-6,8H2,1H3,(H,18,19). The molecule has 0 aromatic heterocycles. The minimum absolute atomic E-state index is 0.350. The van der Waals surface area contributed by atoms with E-state index in [1.165, 1.54) is 18.2 Å². The number of nitrogens with zero attached hydrogens (tertiary/aromatic N) is 1. The highest BCUT2D eigenvalue weighted by molar-refractivity contribution is 6.31. The van der Waals surface area contributed by atoms with Gasteiger partial charge in [-0.25, -0.2) is 4.39 Å². The van der Waals surface area contributed by atoms with Crippen molar-refractivity contribution in [3.8, 4) is 0 Å². The minimum atomic E-state index is -0.820. The molecule has 2 rings (SSSR count). The molecule has 0 bridgehead atoms. The maximum absolute atomic E-state index is 13.2. The third-order valence-corrected chi connectivity index (χ3v) is 4.01. The Kier molecular flexibility index (Phi) is 4.42. The number of rotatable bonds is 3. The van der Waals surface area contributed by atoms with E-state index >= 15 is 0 Å². The van der Waals surface area contributed by atoms with Crippen molar-refractivity contribution in [3.05, 3.63) is 34.6 Å². The first-order valence-corrected chi connectivity index (χ1v) is 6.76. The van der Waals surface area contributed by atoms with Crippen LogP contribution < -0.4 is 0 Å². The van der Waals surface area contributed by atoms with E-state index in [1.807, 2.05) is 4.90 Å². The number of benzene rings is 1. The van der Waals surface area contributed by atoms with Crippen LogP contribution in [0.3, 0.4) is 0 Å². The average Bonchev–Trinajstić information content (AvgIpc) is 2.35. The molecule has 19 heavy (non-hydrogen) atoms. The molecule has 1 saturated heterocycles. The van der Waals surface area contributed by atoms with Crippen molar-refractivity contribution in [2.24, 2.45) is 5.92 Å². The average molecular weight is 286 g/mol. The van der Waals surface area contributed by atoms with Crippen molar-refractivity contribution in [2.75, 3.05) is 6.54 Å². The van der Waals surface area contributed by atoms with Crippen LogP contribution in [0.4, 0.5) is 4.39 Å². The molecule has 104 valence electrons. The van der Waals surface area contributed by atoms with Gasteiger partial charge in [0.1, 0.15) is 11.9 Å². The first-order valence-electron chi connectivity index (χ1n) is 6.38. The highest BCUT2D eigenvalue weighted by Crippen LogP contribution is 2.26. The predicted octanol–water partition coefficient (Wildman–Crippen LogP) is 3.16. The van der Waals surface area contributed by atoms with Crippen LogP contribution in [-0.2, 0) is 11.3 Å². The van der Waals surface area contributed by atoms with Crippen LogP contribution in [-0.4, -0.2) is 28.6 Å². The van der Waals surface area contributed by atoms with Crippen LogP contribution in [0.5, 0.6) is 0 Å². The molecule has 0 radical (unpaired) electrons. The molecule has 0 amide bonds. The number of piperidine rings is 1. The second-order valence-corrected chi connectivity index (χ2v) is 5.60. The fraction of sp³-hybridized carbons (Fsp3) is 0.500. The van der Waals surface area contributed by atoms with Crippen molar-refractivity contribution in [3.63, 3.8) is 0 Å². The zero-order chi connectivity index (χ0) is 14.0. The Labute approximate surface area is 117 Å². The summed E-state index contributed by atoms with van der Waals surface area (Å²) in [5.41, 5.74) is 0.641. The zero-order valence-corrected chi connectivity index (χ0v) is 11.5. The Morgan fingerprint density at radius 3 is 3.00 bits per heavy atom. The molecule has 1 heterocycles. The van der Waals surface area contributed by atoms with Crippen LogP contribution >= 0.6 is 11.6 Å². The molecule has 2 atom stereocenters. The second kappa shape index (κ2) is 5.88. The lowest BCUT2D eigenvalue weighted by atomic mass is 9.92. The van der Waals surface area contributed by atoms with Gasteiger partial charge < -0.3 is 5.11 Å². The summed E-state index contributed by atoms with van der Waals surface area (Å²) < 4.78 is 13.2. The van der Waals surface area contributed by atoms with E-state index in [1.54, 1.807) is 0 Å². The van der Waals surface area contributed by atoms with Crippen molar-refractivity contribution in [1.29, 1.82) is 0 Å². The van der Waals surface area contributed by atoms with Gasteiger partial charge in [-0.05, 0) is 49.1 Å². The Hall–Kier alpha value is -1.13. The summed E-state index contributed by atoms with van der Waals surface area (Å²) in [6.07, 6.45) is 1.58. The maximum atomic E-state index is 13.2. The summed E-state index contributed by atoms with van der Waals surface area (Å²) in [4.78, 5) is 13.2. The predicted molar refractivity (Wildman–Crippen MR) is 71.6 cm³/mol. The second-order valence-electron chi connectivity index (χ2n) is 5.19. The molecule has 1 fully saturated rings. The van der Waals surface area contributed by atoms with E-state index in [4.69, 9.17) is 11.6 Å². The molecular weight excluding hydrogens is 269 g/mol. The smallest absolute Gasteiger partial charge is 0.320 e. The summed E-state index contributed by atoms with van der Waals surface area (Å²) >= 11 is 6.03. The van der Waals surface area contributed by atoms with E-state index in [9.17, 15) is 14.3 Å². The highest BCUT2D eigenvalue weighted by Gasteiger charge is 2.31. The third-order valence-electron chi connectivity index (χ3n) is 3.64. The van der Waals surface area contributed by atoms with Gasteiger partial charge >= 0.3 is 5.97 Å². The number of aliphatic carboxylic acids is 1. The van der Waals surface area contributed by atoms with E-state index in [2.05, 4.69) is 6.92 Å². The van der Waals surface area contributed by atoms with Gasteiger partial charge in [-0.2, -0.15) is 0 Å². The lowest BCUT2D eigenvalue weighted by molar-refractivity contribution is -0.145. The number of carboxylic acid groups (broad SMARTS) is 1. The third kappa shape index (κ3) is 3.45. The maximum Gasteiger partial charge on any atom is 0.320 e. The van der Waals surface area contributed by atoms with Gasteiger partial charge in [0.25, 0.3) is 0 Å². The van der Waals surface area contributed by atoms with Gasteiger partial charge in [0, 0.05) is 11.6 Å². The molecular formula is C14H17ClFNO2. The lowest BCUT2D eigenvalue weighted by Crippen LogP contribution is -2.46. The number of carboxylic acids is 1. The number of likely N-dealkylation sites (tertiary alicyclic amines) is 1. The van der Waals surface area contributed by atoms with Gasteiger partial charge in [0.05, 0.1) is 0 Å². The monoisotopic (exact) mass is 285 g/mol. The minimum Gasteiger partial charge on any atom is -0.480 e. The Bertz CT molecular complexity index is 481. The number of halogens is 2. The van der Waals surface area contributed by atoms with Gasteiger partial charge in [-0.3, -0.25) is 9.69 Å². The van der Waals surface area contributed by atoms with Gasteiger partial charge in [0.2, 0.25) is 0 Å². The molecule has 1 aliphatic heterocycles. The van der Waals surface area contributed by atoms with Crippen LogP contribution in [0.25, 0.3) is 0 Å². The van der Waals surface area contributed by atoms with E-state index in [0.29, 0.717) is 36.0 Å². The summed E-state index contributed by atoms with van der Waals surface area (Å²) in [6.45, 7) is 3.13. The van der Waals surface area contributed by atoms with Crippen LogP contribution in [0.1, 0.15) is 25.3 Å². The summed E-state index contributed by atoms with van der Waals surface area (Å²) in [5, 5.41) is 9.76. The van der Waals surface area contributed by atoms with Crippen LogP contribution in [0.15, 0.2) is 18.2 Å². The summed E-state index contributed by atoms with van der Waals surface area (Å²) in [7, 11) is 0. The molecule has 5 heteroatoms. The zero-order valence-electron chi connectivity index (χ0n) is 10.8. The molecule has 0 saturated carbocycles. The fourth-order valence-corrected chi connectivity index (χ4v) is 2.70. The summed E-state index contributed by atoms with van der Waals surface area (Å²) in [5.74, 6) is -0.768. The van der Waals surface area contributed by atoms with E-state index < -0.39 is 12.0 Å². The van der Waals surface area contributed by atoms with Crippen LogP contribution in [0.2, 0.25) is 5.02 Å². The Morgan fingerprint density at radius 2 is 2.32 bits per heavy atom. The quantitative estimate of drug-likeness (QED) is 0.927. The molecule has 3 nitrogen and oxygen atoms in total. The lowest BCUT2D eigenvalue weighted by Gasteiger charge is -2.36. The van der Waals surface area contributed by atoms with E-state index in [0.717, 1.165) is 6.42 Å². The Morgan fingerprint density at radius 1 is 1.58 bits per heavy atom.